The molecule has 1 aliphatic rings. The van der Waals surface area contributed by atoms with Crippen molar-refractivity contribution in [3.05, 3.63) is 41.9 Å². The van der Waals surface area contributed by atoms with Crippen LogP contribution in [0.5, 0.6) is 0 Å². The monoisotopic (exact) mass is 425 g/mol. The molecule has 0 aliphatic heterocycles. The first-order valence-corrected chi connectivity index (χ1v) is 11.9. The highest BCUT2D eigenvalue weighted by Gasteiger charge is 2.27. The van der Waals surface area contributed by atoms with Gasteiger partial charge in [0, 0.05) is 12.0 Å². The van der Waals surface area contributed by atoms with Crippen LogP contribution in [0.4, 0.5) is 0 Å². The normalized spacial score (nSPS) is 16.1. The number of furan rings is 1. The number of rotatable bonds is 4. The van der Waals surface area contributed by atoms with Gasteiger partial charge in [-0.15, -0.1) is 0 Å². The van der Waals surface area contributed by atoms with Crippen LogP contribution in [0.2, 0.25) is 0 Å². The zero-order valence-corrected chi connectivity index (χ0v) is 18.5. The number of hydrogen-bond donors (Lipinski definition) is 0. The summed E-state index contributed by atoms with van der Waals surface area (Å²) < 4.78 is 33.4. The van der Waals surface area contributed by atoms with E-state index in [1.807, 2.05) is 12.1 Å². The highest BCUT2D eigenvalue weighted by atomic mass is 32.2. The molecule has 30 heavy (non-hydrogen) atoms. The summed E-state index contributed by atoms with van der Waals surface area (Å²) in [5, 5.41) is 8.70. The molecule has 158 valence electrons. The summed E-state index contributed by atoms with van der Waals surface area (Å²) in [5.74, 6) is 1.58. The van der Waals surface area contributed by atoms with Crippen LogP contribution in [0.3, 0.4) is 0 Å². The summed E-state index contributed by atoms with van der Waals surface area (Å²) in [6, 6.07) is 9.58. The molecular formula is C23H27N3O3S. The molecule has 0 saturated heterocycles. The Bertz CT molecular complexity index is 1220. The molecular weight excluding hydrogens is 398 g/mol. The predicted octanol–water partition coefficient (Wildman–Crippen LogP) is 5.21. The third-order valence-corrected chi connectivity index (χ3v) is 7.45. The number of sulfone groups is 1. The van der Waals surface area contributed by atoms with Crippen molar-refractivity contribution in [1.82, 2.24) is 9.55 Å². The van der Waals surface area contributed by atoms with Crippen molar-refractivity contribution < 1.29 is 12.8 Å². The van der Waals surface area contributed by atoms with Crippen molar-refractivity contribution in [2.24, 2.45) is 5.92 Å². The van der Waals surface area contributed by atoms with Crippen LogP contribution in [-0.2, 0) is 21.8 Å². The maximum absolute atomic E-state index is 13.0. The van der Waals surface area contributed by atoms with Gasteiger partial charge in [0.25, 0.3) is 0 Å². The van der Waals surface area contributed by atoms with Crippen molar-refractivity contribution in [2.75, 3.05) is 0 Å². The Hall–Kier alpha value is -2.59. The van der Waals surface area contributed by atoms with E-state index in [1.165, 1.54) is 44.2 Å². The molecule has 6 nitrogen and oxygen atoms in total. The second-order valence-corrected chi connectivity index (χ2v) is 11.1. The topological polar surface area (TPSA) is 88.9 Å². The van der Waals surface area contributed by atoms with Gasteiger partial charge in [-0.1, -0.05) is 40.0 Å². The van der Waals surface area contributed by atoms with E-state index in [1.54, 1.807) is 12.1 Å². The van der Waals surface area contributed by atoms with Gasteiger partial charge < -0.3 is 8.98 Å². The van der Waals surface area contributed by atoms with E-state index in [0.717, 1.165) is 17.9 Å². The Labute approximate surface area is 177 Å². The van der Waals surface area contributed by atoms with E-state index in [4.69, 9.17) is 14.7 Å². The average Bonchev–Trinajstić information content (AvgIpc) is 3.34. The van der Waals surface area contributed by atoms with Crippen LogP contribution < -0.4 is 0 Å². The second-order valence-electron chi connectivity index (χ2n) is 9.18. The van der Waals surface area contributed by atoms with Crippen molar-refractivity contribution in [2.45, 2.75) is 74.8 Å². The number of fused-ring (bicyclic) bond motifs is 1. The molecule has 1 aliphatic carbocycles. The van der Waals surface area contributed by atoms with Gasteiger partial charge in [-0.25, -0.2) is 13.4 Å². The lowest BCUT2D eigenvalue weighted by Crippen LogP contribution is -2.22. The van der Waals surface area contributed by atoms with Gasteiger partial charge in [-0.05, 0) is 49.1 Å². The minimum atomic E-state index is -3.85. The van der Waals surface area contributed by atoms with E-state index in [-0.39, 0.29) is 21.2 Å². The molecule has 0 spiro atoms. The fourth-order valence-corrected chi connectivity index (χ4v) is 5.50. The van der Waals surface area contributed by atoms with Crippen molar-refractivity contribution in [3.8, 4) is 6.07 Å². The Balaban J connectivity index is 1.78. The number of aromatic nitrogens is 2. The Morgan fingerprint density at radius 2 is 1.90 bits per heavy atom. The zero-order valence-electron chi connectivity index (χ0n) is 17.7. The molecule has 2 heterocycles. The number of benzene rings is 1. The molecule has 3 aromatic rings. The molecule has 1 saturated carbocycles. The van der Waals surface area contributed by atoms with Gasteiger partial charge in [-0.2, -0.15) is 5.26 Å². The molecule has 1 aromatic carbocycles. The molecule has 0 unspecified atom stereocenters. The summed E-state index contributed by atoms with van der Waals surface area (Å²) in [5.41, 5.74) is 1.47. The lowest BCUT2D eigenvalue weighted by atomic mass is 9.88. The maximum atomic E-state index is 13.0. The minimum Gasteiger partial charge on any atom is -0.434 e. The summed E-state index contributed by atoms with van der Waals surface area (Å²) in [6.45, 7) is 7.32. The minimum absolute atomic E-state index is 0.0265. The van der Waals surface area contributed by atoms with Gasteiger partial charge in [-0.3, -0.25) is 0 Å². The summed E-state index contributed by atoms with van der Waals surface area (Å²) in [4.78, 5) is 4.98. The first-order chi connectivity index (χ1) is 14.2. The van der Waals surface area contributed by atoms with Gasteiger partial charge in [0.15, 0.2) is 0 Å². The van der Waals surface area contributed by atoms with Gasteiger partial charge in [0.1, 0.15) is 11.9 Å². The molecule has 7 heteroatoms. The van der Waals surface area contributed by atoms with E-state index in [2.05, 4.69) is 25.3 Å². The lowest BCUT2D eigenvalue weighted by Gasteiger charge is -2.26. The fraction of sp³-hybridized carbons (Fsp3) is 0.478. The average molecular weight is 426 g/mol. The molecule has 0 N–H and O–H groups in total. The van der Waals surface area contributed by atoms with Gasteiger partial charge in [0.05, 0.1) is 15.9 Å². The van der Waals surface area contributed by atoms with Crippen LogP contribution in [0.25, 0.3) is 11.0 Å². The third-order valence-electron chi connectivity index (χ3n) is 5.82. The molecule has 0 amide bonds. The Kier molecular flexibility index (Phi) is 5.23. The molecule has 0 bridgehead atoms. The summed E-state index contributed by atoms with van der Waals surface area (Å²) in [7, 11) is -3.85. The van der Waals surface area contributed by atoms with Gasteiger partial charge >= 0.3 is 0 Å². The SMILES string of the molecule is CC(C)(C)c1nc2cc(S(=O)(=O)c3ccc(C#N)o3)ccc2n1CC1CCCCC1. The Morgan fingerprint density at radius 3 is 2.53 bits per heavy atom. The van der Waals surface area contributed by atoms with E-state index < -0.39 is 9.84 Å². The molecule has 4 rings (SSSR count). The maximum Gasteiger partial charge on any atom is 0.239 e. The fourth-order valence-electron chi connectivity index (χ4n) is 4.30. The van der Waals surface area contributed by atoms with E-state index in [0.29, 0.717) is 11.4 Å². The Morgan fingerprint density at radius 1 is 1.17 bits per heavy atom. The van der Waals surface area contributed by atoms with Crippen LogP contribution in [0, 0.1) is 17.2 Å². The standard InChI is InChI=1S/C23H27N3O3S/c1-23(2,3)22-25-19-13-18(30(27,28)21-12-9-17(14-24)29-21)10-11-20(19)26(22)15-16-7-5-4-6-8-16/h9-13,16H,4-8,15H2,1-3H3. The number of nitriles is 1. The molecule has 0 atom stereocenters. The number of nitrogens with zero attached hydrogens (tertiary/aromatic N) is 3. The van der Waals surface area contributed by atoms with Gasteiger partial charge in [0.2, 0.25) is 20.7 Å². The zero-order chi connectivity index (χ0) is 21.5. The predicted molar refractivity (Wildman–Crippen MR) is 114 cm³/mol. The number of hydrogen-bond acceptors (Lipinski definition) is 5. The summed E-state index contributed by atoms with van der Waals surface area (Å²) >= 11 is 0. The molecule has 2 aromatic heterocycles. The van der Waals surface area contributed by atoms with Crippen LogP contribution in [-0.4, -0.2) is 18.0 Å². The van der Waals surface area contributed by atoms with Crippen LogP contribution >= 0.6 is 0 Å². The smallest absolute Gasteiger partial charge is 0.239 e. The first-order valence-electron chi connectivity index (χ1n) is 10.5. The highest BCUT2D eigenvalue weighted by Crippen LogP contribution is 2.33. The summed E-state index contributed by atoms with van der Waals surface area (Å²) in [6.07, 6.45) is 6.33. The van der Waals surface area contributed by atoms with Crippen LogP contribution in [0.1, 0.15) is 64.5 Å². The van der Waals surface area contributed by atoms with Crippen molar-refractivity contribution in [3.63, 3.8) is 0 Å². The number of imidazole rings is 1. The van der Waals surface area contributed by atoms with E-state index in [9.17, 15) is 8.42 Å². The first kappa shape index (κ1) is 20.7. The van der Waals surface area contributed by atoms with E-state index >= 15 is 0 Å². The highest BCUT2D eigenvalue weighted by molar-refractivity contribution is 7.91. The lowest BCUT2D eigenvalue weighted by molar-refractivity contribution is 0.313. The van der Waals surface area contributed by atoms with Crippen molar-refractivity contribution >= 4 is 20.9 Å². The molecule has 1 fully saturated rings. The van der Waals surface area contributed by atoms with Crippen molar-refractivity contribution in [1.29, 1.82) is 5.26 Å². The third kappa shape index (κ3) is 3.77. The quantitative estimate of drug-likeness (QED) is 0.572. The largest absolute Gasteiger partial charge is 0.434 e. The second kappa shape index (κ2) is 7.59. The van der Waals surface area contributed by atoms with Crippen LogP contribution in [0.15, 0.2) is 44.7 Å². The molecule has 0 radical (unpaired) electrons.